The van der Waals surface area contributed by atoms with Gasteiger partial charge in [-0.1, -0.05) is 18.2 Å². The van der Waals surface area contributed by atoms with Gasteiger partial charge >= 0.3 is 5.97 Å². The lowest BCUT2D eigenvalue weighted by Gasteiger charge is -2.09. The number of hydrogen-bond donors (Lipinski definition) is 1. The maximum absolute atomic E-state index is 12.4. The molecule has 0 aliphatic rings. The molecule has 0 atom stereocenters. The van der Waals surface area contributed by atoms with E-state index in [1.165, 1.54) is 0 Å². The highest BCUT2D eigenvalue weighted by molar-refractivity contribution is 5.99. The molecule has 2 aromatic rings. The third kappa shape index (κ3) is 5.79. The molecular weight excluding hydrogens is 360 g/mol. The van der Waals surface area contributed by atoms with Gasteiger partial charge in [-0.15, -0.1) is 0 Å². The molecule has 0 fully saturated rings. The average molecular weight is 386 g/mol. The molecule has 28 heavy (non-hydrogen) atoms. The lowest BCUT2D eigenvalue weighted by Crippen LogP contribution is -2.31. The van der Waals surface area contributed by atoms with Gasteiger partial charge in [-0.3, -0.25) is 14.4 Å². The average Bonchev–Trinajstić information content (AvgIpc) is 2.99. The summed E-state index contributed by atoms with van der Waals surface area (Å²) in [6, 6.07) is 10.4. The second-order valence-electron chi connectivity index (χ2n) is 6.42. The first-order valence-corrected chi connectivity index (χ1v) is 9.11. The number of aromatic nitrogens is 1. The standard InChI is InChI=1S/C21H26N2O5/c1-15-12-18(16(2)23(15)10-7-11-27-3)19(24)14-28-20(25)13-22-21(26)17-8-5-4-6-9-17/h4-6,8-9,12H,7,10-11,13-14H2,1-3H3,(H,22,26). The molecule has 0 bridgehead atoms. The first-order valence-electron chi connectivity index (χ1n) is 9.11. The van der Waals surface area contributed by atoms with E-state index in [0.717, 1.165) is 24.4 Å². The van der Waals surface area contributed by atoms with E-state index in [2.05, 4.69) is 5.32 Å². The number of rotatable bonds is 10. The second-order valence-corrected chi connectivity index (χ2v) is 6.42. The van der Waals surface area contributed by atoms with Gasteiger partial charge in [-0.2, -0.15) is 0 Å². The zero-order chi connectivity index (χ0) is 20.5. The number of nitrogens with one attached hydrogen (secondary N) is 1. The van der Waals surface area contributed by atoms with Gasteiger partial charge in [-0.25, -0.2) is 0 Å². The Morgan fingerprint density at radius 1 is 1.11 bits per heavy atom. The Morgan fingerprint density at radius 3 is 2.50 bits per heavy atom. The number of aryl methyl sites for hydroxylation is 1. The van der Waals surface area contributed by atoms with E-state index >= 15 is 0 Å². The molecule has 2 rings (SSSR count). The number of carbonyl (C=O) groups is 3. The van der Waals surface area contributed by atoms with Crippen molar-refractivity contribution < 1.29 is 23.9 Å². The SMILES string of the molecule is COCCCn1c(C)cc(C(=O)COC(=O)CNC(=O)c2ccccc2)c1C. The molecule has 0 saturated carbocycles. The topological polar surface area (TPSA) is 86.6 Å². The van der Waals surface area contributed by atoms with Crippen molar-refractivity contribution in [2.45, 2.75) is 26.8 Å². The molecule has 1 N–H and O–H groups in total. The smallest absolute Gasteiger partial charge is 0.325 e. The van der Waals surface area contributed by atoms with Gasteiger partial charge in [0.15, 0.2) is 6.61 Å². The highest BCUT2D eigenvalue weighted by Crippen LogP contribution is 2.16. The molecule has 150 valence electrons. The minimum absolute atomic E-state index is 0.270. The molecule has 1 aromatic carbocycles. The predicted octanol–water partition coefficient (Wildman–Crippen LogP) is 2.30. The summed E-state index contributed by atoms with van der Waals surface area (Å²) in [7, 11) is 1.65. The monoisotopic (exact) mass is 386 g/mol. The van der Waals surface area contributed by atoms with Crippen LogP contribution in [0.1, 0.15) is 38.5 Å². The Hall–Kier alpha value is -2.93. The molecule has 0 spiro atoms. The summed E-state index contributed by atoms with van der Waals surface area (Å²) in [5, 5.41) is 2.47. The van der Waals surface area contributed by atoms with Crippen LogP contribution in [0.5, 0.6) is 0 Å². The van der Waals surface area contributed by atoms with Crippen molar-refractivity contribution in [3.63, 3.8) is 0 Å². The summed E-state index contributed by atoms with van der Waals surface area (Å²) in [5.41, 5.74) is 2.80. The minimum atomic E-state index is -0.661. The highest BCUT2D eigenvalue weighted by atomic mass is 16.5. The number of nitrogens with zero attached hydrogens (tertiary/aromatic N) is 1. The zero-order valence-corrected chi connectivity index (χ0v) is 16.5. The Bertz CT molecular complexity index is 827. The third-order valence-corrected chi connectivity index (χ3v) is 4.40. The first-order chi connectivity index (χ1) is 13.4. The van der Waals surface area contributed by atoms with Gasteiger partial charge in [0.2, 0.25) is 5.78 Å². The maximum Gasteiger partial charge on any atom is 0.325 e. The number of hydrogen-bond acceptors (Lipinski definition) is 5. The van der Waals surface area contributed by atoms with Crippen LogP contribution < -0.4 is 5.32 Å². The van der Waals surface area contributed by atoms with E-state index in [1.807, 2.05) is 18.4 Å². The number of amides is 1. The summed E-state index contributed by atoms with van der Waals surface area (Å²) in [4.78, 5) is 36.2. The Kier molecular flexibility index (Phi) is 7.95. The molecule has 1 aromatic heterocycles. The molecule has 0 aliphatic carbocycles. The normalized spacial score (nSPS) is 10.5. The minimum Gasteiger partial charge on any atom is -0.456 e. The van der Waals surface area contributed by atoms with Gasteiger partial charge in [0, 0.05) is 42.8 Å². The van der Waals surface area contributed by atoms with Crippen molar-refractivity contribution in [1.82, 2.24) is 9.88 Å². The Labute approximate surface area is 164 Å². The van der Waals surface area contributed by atoms with Gasteiger partial charge in [0.05, 0.1) is 0 Å². The summed E-state index contributed by atoms with van der Waals surface area (Å²) in [6.07, 6.45) is 0.844. The molecule has 1 heterocycles. The van der Waals surface area contributed by atoms with Crippen molar-refractivity contribution in [1.29, 1.82) is 0 Å². The number of benzene rings is 1. The third-order valence-electron chi connectivity index (χ3n) is 4.40. The summed E-state index contributed by atoms with van der Waals surface area (Å²) < 4.78 is 12.1. The fourth-order valence-electron chi connectivity index (χ4n) is 2.91. The molecule has 7 nitrogen and oxygen atoms in total. The number of ether oxygens (including phenoxy) is 2. The van der Waals surface area contributed by atoms with E-state index in [0.29, 0.717) is 17.7 Å². The van der Waals surface area contributed by atoms with Gasteiger partial charge in [0.25, 0.3) is 5.91 Å². The zero-order valence-electron chi connectivity index (χ0n) is 16.5. The summed E-state index contributed by atoms with van der Waals surface area (Å²) in [5.74, 6) is -1.30. The van der Waals surface area contributed by atoms with Crippen LogP contribution in [0.4, 0.5) is 0 Å². The van der Waals surface area contributed by atoms with Gasteiger partial charge < -0.3 is 19.4 Å². The van der Waals surface area contributed by atoms with Crippen molar-refractivity contribution >= 4 is 17.7 Å². The van der Waals surface area contributed by atoms with E-state index in [9.17, 15) is 14.4 Å². The molecular formula is C21H26N2O5. The lowest BCUT2D eigenvalue weighted by atomic mass is 10.1. The second kappa shape index (κ2) is 10.4. The first kappa shape index (κ1) is 21.4. The van der Waals surface area contributed by atoms with Gasteiger partial charge in [-0.05, 0) is 38.5 Å². The van der Waals surface area contributed by atoms with Crippen LogP contribution in [0, 0.1) is 13.8 Å². The molecule has 0 saturated heterocycles. The molecule has 1 amide bonds. The number of carbonyl (C=O) groups excluding carboxylic acids is 3. The van der Waals surface area contributed by atoms with E-state index in [4.69, 9.17) is 9.47 Å². The van der Waals surface area contributed by atoms with Crippen LogP contribution in [-0.2, 0) is 20.8 Å². The number of methoxy groups -OCH3 is 1. The van der Waals surface area contributed by atoms with Crippen LogP contribution in [0.15, 0.2) is 36.4 Å². The van der Waals surface area contributed by atoms with Crippen molar-refractivity contribution in [2.75, 3.05) is 26.9 Å². The fraction of sp³-hybridized carbons (Fsp3) is 0.381. The summed E-state index contributed by atoms with van der Waals surface area (Å²) in [6.45, 7) is 4.55. The Morgan fingerprint density at radius 2 is 1.82 bits per heavy atom. The number of Topliss-reactive ketones (excluding diaryl/α,β-unsaturated/α-hetero) is 1. The van der Waals surface area contributed by atoms with E-state index in [1.54, 1.807) is 43.5 Å². The van der Waals surface area contributed by atoms with Crippen LogP contribution in [0.2, 0.25) is 0 Å². The predicted molar refractivity (Wildman–Crippen MR) is 104 cm³/mol. The quantitative estimate of drug-likeness (QED) is 0.385. The van der Waals surface area contributed by atoms with Crippen LogP contribution in [0.25, 0.3) is 0 Å². The fourth-order valence-corrected chi connectivity index (χ4v) is 2.91. The maximum atomic E-state index is 12.4. The van der Waals surface area contributed by atoms with Crippen LogP contribution in [0.3, 0.4) is 0 Å². The largest absolute Gasteiger partial charge is 0.456 e. The summed E-state index contributed by atoms with van der Waals surface area (Å²) >= 11 is 0. The molecule has 0 aliphatic heterocycles. The molecule has 0 radical (unpaired) electrons. The van der Waals surface area contributed by atoms with Crippen molar-refractivity contribution in [2.24, 2.45) is 0 Å². The van der Waals surface area contributed by atoms with Crippen molar-refractivity contribution in [3.8, 4) is 0 Å². The number of esters is 1. The van der Waals surface area contributed by atoms with Crippen LogP contribution in [-0.4, -0.2) is 49.1 Å². The lowest BCUT2D eigenvalue weighted by molar-refractivity contribution is -0.141. The van der Waals surface area contributed by atoms with E-state index < -0.39 is 5.97 Å². The number of ketones is 1. The van der Waals surface area contributed by atoms with E-state index in [-0.39, 0.29) is 24.8 Å². The Balaban J connectivity index is 1.84. The van der Waals surface area contributed by atoms with Gasteiger partial charge in [0.1, 0.15) is 6.54 Å². The van der Waals surface area contributed by atoms with Crippen molar-refractivity contribution in [3.05, 3.63) is 58.9 Å². The van der Waals surface area contributed by atoms with Crippen LogP contribution >= 0.6 is 0 Å². The molecule has 7 heteroatoms. The molecule has 0 unspecified atom stereocenters. The highest BCUT2D eigenvalue weighted by Gasteiger charge is 2.17.